The molecule has 1 aromatic heterocycles. The summed E-state index contributed by atoms with van der Waals surface area (Å²) in [6.07, 6.45) is 0.431. The minimum absolute atomic E-state index is 0.0383. The number of halogens is 1. The highest BCUT2D eigenvalue weighted by Gasteiger charge is 2.17. The van der Waals surface area contributed by atoms with E-state index in [1.54, 1.807) is 11.3 Å². The van der Waals surface area contributed by atoms with E-state index in [4.69, 9.17) is 11.6 Å². The number of rotatable bonds is 6. The number of nitrogens with one attached hydrogen (secondary N) is 1. The van der Waals surface area contributed by atoms with Gasteiger partial charge in [-0.1, -0.05) is 35.9 Å². The van der Waals surface area contributed by atoms with Crippen LogP contribution in [-0.4, -0.2) is 31.4 Å². The first-order valence-electron chi connectivity index (χ1n) is 6.78. The van der Waals surface area contributed by atoms with Gasteiger partial charge < -0.3 is 10.2 Å². The molecule has 0 spiro atoms. The van der Waals surface area contributed by atoms with Gasteiger partial charge in [-0.3, -0.25) is 4.79 Å². The Bertz CT molecular complexity index is 584. The molecule has 3 nitrogen and oxygen atoms in total. The van der Waals surface area contributed by atoms with Crippen LogP contribution in [0.5, 0.6) is 0 Å². The van der Waals surface area contributed by atoms with Crippen molar-refractivity contribution in [2.45, 2.75) is 12.5 Å². The van der Waals surface area contributed by atoms with Crippen LogP contribution >= 0.6 is 22.9 Å². The maximum Gasteiger partial charge on any atom is 0.225 e. The molecule has 1 aromatic carbocycles. The third-order valence-corrected chi connectivity index (χ3v) is 4.52. The summed E-state index contributed by atoms with van der Waals surface area (Å²) in [6.45, 7) is 0.543. The lowest BCUT2D eigenvalue weighted by molar-refractivity contribution is -0.120. The third kappa shape index (κ3) is 4.56. The molecule has 1 unspecified atom stereocenters. The van der Waals surface area contributed by atoms with Crippen molar-refractivity contribution >= 4 is 28.8 Å². The third-order valence-electron chi connectivity index (χ3n) is 3.30. The molecule has 0 aliphatic carbocycles. The average molecular weight is 323 g/mol. The van der Waals surface area contributed by atoms with Gasteiger partial charge in [0.2, 0.25) is 5.91 Å². The van der Waals surface area contributed by atoms with Gasteiger partial charge in [-0.05, 0) is 37.2 Å². The SMILES string of the molecule is CN(C)C(CNC(=O)Cc1cccs1)c1ccccc1Cl. The Kier molecular flexibility index (Phi) is 5.79. The van der Waals surface area contributed by atoms with Gasteiger partial charge in [0, 0.05) is 16.4 Å². The molecule has 1 N–H and O–H groups in total. The van der Waals surface area contributed by atoms with Crippen LogP contribution in [0.1, 0.15) is 16.5 Å². The molecule has 0 bridgehead atoms. The highest BCUT2D eigenvalue weighted by molar-refractivity contribution is 7.10. The van der Waals surface area contributed by atoms with E-state index >= 15 is 0 Å². The first-order chi connectivity index (χ1) is 10.1. The monoisotopic (exact) mass is 322 g/mol. The molecule has 21 heavy (non-hydrogen) atoms. The molecule has 2 rings (SSSR count). The first-order valence-corrected chi connectivity index (χ1v) is 8.03. The largest absolute Gasteiger partial charge is 0.354 e. The summed E-state index contributed by atoms with van der Waals surface area (Å²) in [5.41, 5.74) is 1.03. The number of thiophene rings is 1. The van der Waals surface area contributed by atoms with Crippen molar-refractivity contribution in [3.63, 3.8) is 0 Å². The smallest absolute Gasteiger partial charge is 0.225 e. The Morgan fingerprint density at radius 1 is 1.29 bits per heavy atom. The molecule has 0 fully saturated rings. The van der Waals surface area contributed by atoms with Gasteiger partial charge in [0.1, 0.15) is 0 Å². The van der Waals surface area contributed by atoms with Gasteiger partial charge in [0.05, 0.1) is 12.5 Å². The lowest BCUT2D eigenvalue weighted by Crippen LogP contribution is -2.35. The maximum atomic E-state index is 12.0. The minimum Gasteiger partial charge on any atom is -0.354 e. The van der Waals surface area contributed by atoms with Crippen molar-refractivity contribution in [3.8, 4) is 0 Å². The van der Waals surface area contributed by atoms with Crippen LogP contribution in [0.25, 0.3) is 0 Å². The van der Waals surface area contributed by atoms with Crippen molar-refractivity contribution in [3.05, 3.63) is 57.2 Å². The lowest BCUT2D eigenvalue weighted by Gasteiger charge is -2.26. The summed E-state index contributed by atoms with van der Waals surface area (Å²) < 4.78 is 0. The molecule has 2 aromatic rings. The number of likely N-dealkylation sites (N-methyl/N-ethyl adjacent to an activating group) is 1. The van der Waals surface area contributed by atoms with Crippen molar-refractivity contribution in [2.75, 3.05) is 20.6 Å². The van der Waals surface area contributed by atoms with E-state index in [-0.39, 0.29) is 11.9 Å². The van der Waals surface area contributed by atoms with E-state index in [0.717, 1.165) is 15.5 Å². The summed E-state index contributed by atoms with van der Waals surface area (Å²) in [5.74, 6) is 0.0383. The van der Waals surface area contributed by atoms with Crippen LogP contribution in [0.2, 0.25) is 5.02 Å². The van der Waals surface area contributed by atoms with Crippen LogP contribution in [0.3, 0.4) is 0 Å². The summed E-state index contributed by atoms with van der Waals surface area (Å²) in [7, 11) is 3.97. The Morgan fingerprint density at radius 2 is 2.05 bits per heavy atom. The van der Waals surface area contributed by atoms with Crippen LogP contribution in [0.15, 0.2) is 41.8 Å². The highest BCUT2D eigenvalue weighted by atomic mass is 35.5. The van der Waals surface area contributed by atoms with Gasteiger partial charge in [0.15, 0.2) is 0 Å². The minimum atomic E-state index is 0.0383. The fourth-order valence-corrected chi connectivity index (χ4v) is 3.13. The Balaban J connectivity index is 1.98. The molecular weight excluding hydrogens is 304 g/mol. The van der Waals surface area contributed by atoms with Crippen LogP contribution in [0.4, 0.5) is 0 Å². The molecule has 1 heterocycles. The molecular formula is C16H19ClN2OS. The molecule has 0 radical (unpaired) electrons. The van der Waals surface area contributed by atoms with E-state index in [9.17, 15) is 4.79 Å². The summed E-state index contributed by atoms with van der Waals surface area (Å²) in [4.78, 5) is 15.1. The van der Waals surface area contributed by atoms with E-state index in [2.05, 4.69) is 10.2 Å². The second kappa shape index (κ2) is 7.59. The van der Waals surface area contributed by atoms with Gasteiger partial charge in [0.25, 0.3) is 0 Å². The van der Waals surface area contributed by atoms with Gasteiger partial charge in [-0.2, -0.15) is 0 Å². The average Bonchev–Trinajstić information content (AvgIpc) is 2.93. The van der Waals surface area contributed by atoms with Crippen molar-refractivity contribution in [1.29, 1.82) is 0 Å². The predicted octanol–water partition coefficient (Wildman–Crippen LogP) is 3.36. The van der Waals surface area contributed by atoms with Crippen molar-refractivity contribution in [2.24, 2.45) is 0 Å². The Hall–Kier alpha value is -1.36. The van der Waals surface area contributed by atoms with E-state index in [1.807, 2.05) is 55.9 Å². The number of benzene rings is 1. The normalized spacial score (nSPS) is 12.4. The molecule has 112 valence electrons. The predicted molar refractivity (Wildman–Crippen MR) is 88.9 cm³/mol. The van der Waals surface area contributed by atoms with Gasteiger partial charge in [-0.15, -0.1) is 11.3 Å². The zero-order valence-electron chi connectivity index (χ0n) is 12.2. The number of carbonyl (C=O) groups excluding carboxylic acids is 1. The molecule has 5 heteroatoms. The fraction of sp³-hybridized carbons (Fsp3) is 0.312. The lowest BCUT2D eigenvalue weighted by atomic mass is 10.1. The molecule has 0 saturated heterocycles. The Labute approximate surface area is 134 Å². The van der Waals surface area contributed by atoms with Gasteiger partial charge >= 0.3 is 0 Å². The maximum absolute atomic E-state index is 12.0. The van der Waals surface area contributed by atoms with E-state index < -0.39 is 0 Å². The quantitative estimate of drug-likeness (QED) is 0.884. The number of hydrogen-bond donors (Lipinski definition) is 1. The summed E-state index contributed by atoms with van der Waals surface area (Å²) in [6, 6.07) is 11.7. The summed E-state index contributed by atoms with van der Waals surface area (Å²) in [5, 5.41) is 5.70. The number of amides is 1. The zero-order valence-corrected chi connectivity index (χ0v) is 13.7. The molecule has 0 saturated carbocycles. The van der Waals surface area contributed by atoms with Crippen LogP contribution in [-0.2, 0) is 11.2 Å². The van der Waals surface area contributed by atoms with Crippen molar-refractivity contribution in [1.82, 2.24) is 10.2 Å². The van der Waals surface area contributed by atoms with Gasteiger partial charge in [-0.25, -0.2) is 0 Å². The highest BCUT2D eigenvalue weighted by Crippen LogP contribution is 2.25. The molecule has 0 aliphatic rings. The number of nitrogens with zero attached hydrogens (tertiary/aromatic N) is 1. The summed E-state index contributed by atoms with van der Waals surface area (Å²) >= 11 is 7.85. The van der Waals surface area contributed by atoms with E-state index in [1.165, 1.54) is 0 Å². The zero-order chi connectivity index (χ0) is 15.2. The van der Waals surface area contributed by atoms with Crippen LogP contribution in [0, 0.1) is 0 Å². The molecule has 0 aliphatic heterocycles. The second-order valence-corrected chi connectivity index (χ2v) is 6.50. The fourth-order valence-electron chi connectivity index (χ4n) is 2.16. The van der Waals surface area contributed by atoms with E-state index in [0.29, 0.717) is 13.0 Å². The standard InChI is InChI=1S/C16H19ClN2OS/c1-19(2)15(13-7-3-4-8-14(13)17)11-18-16(20)10-12-6-5-9-21-12/h3-9,15H,10-11H2,1-2H3,(H,18,20). The Morgan fingerprint density at radius 3 is 2.67 bits per heavy atom. The van der Waals surface area contributed by atoms with Crippen LogP contribution < -0.4 is 5.32 Å². The first kappa shape index (κ1) is 16.0. The number of carbonyl (C=O) groups is 1. The topological polar surface area (TPSA) is 32.3 Å². The molecule has 1 atom stereocenters. The van der Waals surface area contributed by atoms with Crippen molar-refractivity contribution < 1.29 is 4.79 Å². The number of hydrogen-bond acceptors (Lipinski definition) is 3. The second-order valence-electron chi connectivity index (χ2n) is 5.06. The molecule has 1 amide bonds.